The van der Waals surface area contributed by atoms with E-state index in [0.29, 0.717) is 41.4 Å². The summed E-state index contributed by atoms with van der Waals surface area (Å²) in [4.78, 5) is 64.1. The van der Waals surface area contributed by atoms with E-state index in [0.717, 1.165) is 55.4 Å². The Bertz CT molecular complexity index is 2290. The predicted octanol–water partition coefficient (Wildman–Crippen LogP) is 5.22. The first-order valence-corrected chi connectivity index (χ1v) is 23.2. The van der Waals surface area contributed by atoms with Gasteiger partial charge in [-0.25, -0.2) is 22.9 Å². The molecule has 0 unspecified atom stereocenters. The van der Waals surface area contributed by atoms with Gasteiger partial charge >= 0.3 is 6.09 Å². The predicted molar refractivity (Wildman–Crippen MR) is 219 cm³/mol. The third-order valence-corrected chi connectivity index (χ3v) is 15.0. The molecule has 4 aliphatic rings. The fourth-order valence-corrected chi connectivity index (χ4v) is 10.8. The molecule has 0 bridgehead atoms. The van der Waals surface area contributed by atoms with E-state index in [1.54, 1.807) is 24.8 Å². The quantitative estimate of drug-likeness (QED) is 0.186. The van der Waals surface area contributed by atoms with Gasteiger partial charge in [0.05, 0.1) is 13.2 Å². The maximum Gasteiger partial charge on any atom is 0.408 e. The van der Waals surface area contributed by atoms with Gasteiger partial charge in [-0.3, -0.25) is 14.4 Å². The molecule has 19 heteroatoms. The maximum absolute atomic E-state index is 14.8. The molecule has 1 saturated heterocycles. The van der Waals surface area contributed by atoms with Crippen LogP contribution < -0.4 is 20.1 Å². The molecule has 312 valence electrons. The highest BCUT2D eigenvalue weighted by Gasteiger charge is 2.62. The number of fused-ring (bicyclic) bond motifs is 2. The minimum atomic E-state index is -4.21. The van der Waals surface area contributed by atoms with E-state index < -0.39 is 63.4 Å². The first-order chi connectivity index (χ1) is 28.5. The van der Waals surface area contributed by atoms with Gasteiger partial charge in [0.2, 0.25) is 11.8 Å². The summed E-state index contributed by atoms with van der Waals surface area (Å²) in [5.41, 5.74) is 0.256. The van der Waals surface area contributed by atoms with Crippen molar-refractivity contribution in [3.8, 4) is 27.7 Å². The average Bonchev–Trinajstić information content (AvgIpc) is 3.99. The molecule has 4 aromatic rings. The Morgan fingerprint density at radius 1 is 0.966 bits per heavy atom. The number of methoxy groups -OCH3 is 1. The van der Waals surface area contributed by atoms with Crippen LogP contribution in [0, 0.1) is 5.92 Å². The molecule has 3 fully saturated rings. The van der Waals surface area contributed by atoms with Crippen molar-refractivity contribution in [1.29, 1.82) is 0 Å². The lowest BCUT2D eigenvalue weighted by atomic mass is 10.0. The summed E-state index contributed by atoms with van der Waals surface area (Å²) >= 11 is 2.37. The number of aromatic nitrogens is 4. The molecule has 16 nitrogen and oxygen atoms in total. The second kappa shape index (κ2) is 17.2. The van der Waals surface area contributed by atoms with E-state index in [-0.39, 0.29) is 29.7 Å². The summed E-state index contributed by atoms with van der Waals surface area (Å²) in [6, 6.07) is 7.61. The molecule has 2 aliphatic carbocycles. The van der Waals surface area contributed by atoms with Gasteiger partial charge in [-0.2, -0.15) is 9.90 Å². The third kappa shape index (κ3) is 8.77. The molecular formula is C40H46N8O8S3. The first-order valence-electron chi connectivity index (χ1n) is 19.9. The smallest absolute Gasteiger partial charge is 0.408 e. The van der Waals surface area contributed by atoms with Crippen LogP contribution in [0.3, 0.4) is 0 Å². The van der Waals surface area contributed by atoms with Gasteiger partial charge in [-0.15, -0.1) is 27.8 Å². The molecule has 0 radical (unpaired) electrons. The molecular weight excluding hydrogens is 817 g/mol. The second-order valence-electron chi connectivity index (χ2n) is 15.4. The Labute approximate surface area is 349 Å². The number of amides is 4. The van der Waals surface area contributed by atoms with Crippen molar-refractivity contribution in [2.75, 3.05) is 13.7 Å². The van der Waals surface area contributed by atoms with E-state index in [2.05, 4.69) is 20.3 Å². The Hall–Kier alpha value is -5.14. The monoisotopic (exact) mass is 862 g/mol. The number of hydrogen-bond acceptors (Lipinski definition) is 13. The second-order valence-corrected chi connectivity index (χ2v) is 19.1. The molecule has 4 amide bonds. The van der Waals surface area contributed by atoms with Gasteiger partial charge in [0.1, 0.15) is 50.1 Å². The largest absolute Gasteiger partial charge is 0.497 e. The zero-order chi connectivity index (χ0) is 41.1. The molecule has 3 N–H and O–H groups in total. The van der Waals surface area contributed by atoms with E-state index in [4.69, 9.17) is 19.7 Å². The zero-order valence-electron chi connectivity index (χ0n) is 32.4. The fraction of sp³-hybridized carbons (Fsp3) is 0.475. The van der Waals surface area contributed by atoms with Gasteiger partial charge in [0, 0.05) is 36.0 Å². The summed E-state index contributed by atoms with van der Waals surface area (Å²) in [7, 11) is -2.63. The summed E-state index contributed by atoms with van der Waals surface area (Å²) < 4.78 is 39.7. The lowest BCUT2D eigenvalue weighted by Crippen LogP contribution is -2.58. The molecule has 2 aliphatic heterocycles. The van der Waals surface area contributed by atoms with Crippen LogP contribution >= 0.6 is 22.7 Å². The van der Waals surface area contributed by atoms with Crippen molar-refractivity contribution in [2.24, 2.45) is 5.92 Å². The van der Waals surface area contributed by atoms with Gasteiger partial charge in [0.25, 0.3) is 15.9 Å². The number of sulfonamides is 1. The number of carbonyl (C=O) groups excluding carboxylic acids is 4. The minimum absolute atomic E-state index is 0.0100. The molecule has 0 spiro atoms. The molecule has 5 heterocycles. The summed E-state index contributed by atoms with van der Waals surface area (Å²) in [6.45, 7) is 0.0100. The van der Waals surface area contributed by atoms with Crippen molar-refractivity contribution in [1.82, 2.24) is 40.2 Å². The number of nitrogens with one attached hydrogen (secondary N) is 3. The number of rotatable bonds is 9. The van der Waals surface area contributed by atoms with E-state index in [1.807, 2.05) is 41.8 Å². The highest BCUT2D eigenvalue weighted by molar-refractivity contribution is 7.92. The maximum atomic E-state index is 14.8. The number of benzene rings is 1. The Balaban J connectivity index is 1.13. The Morgan fingerprint density at radius 2 is 1.75 bits per heavy atom. The number of carbonyl (C=O) groups is 4. The lowest BCUT2D eigenvalue weighted by Gasteiger charge is -2.30. The van der Waals surface area contributed by atoms with Gasteiger partial charge in [0.15, 0.2) is 0 Å². The van der Waals surface area contributed by atoms with E-state index in [1.165, 1.54) is 27.1 Å². The Morgan fingerprint density at radius 3 is 2.47 bits per heavy atom. The number of thiophene rings is 1. The molecule has 59 heavy (non-hydrogen) atoms. The van der Waals surface area contributed by atoms with Crippen molar-refractivity contribution in [3.05, 3.63) is 65.5 Å². The van der Waals surface area contributed by atoms with E-state index >= 15 is 0 Å². The van der Waals surface area contributed by atoms with Crippen LogP contribution in [0.1, 0.15) is 76.7 Å². The van der Waals surface area contributed by atoms with Crippen molar-refractivity contribution >= 4 is 56.5 Å². The lowest BCUT2D eigenvalue weighted by molar-refractivity contribution is -0.141. The summed E-state index contributed by atoms with van der Waals surface area (Å²) in [5.74, 6) is -1.77. The molecule has 5 atom stereocenters. The minimum Gasteiger partial charge on any atom is -0.497 e. The SMILES string of the molecule is COc1ccc(-c2nn([C@@H]3C[C@H]4C(=O)N[C@]5(C(=O)NS(=O)(=O)c6cccs6)C[C@H]5/C=C/CCCCC[C@@H](NC(=O)OC5CCCC5)C(=O)N4C3)nc2-c2nccs2)cc1. The molecule has 3 aromatic heterocycles. The van der Waals surface area contributed by atoms with Crippen LogP contribution in [0.15, 0.2) is 69.7 Å². The van der Waals surface area contributed by atoms with Crippen molar-refractivity contribution in [3.63, 3.8) is 0 Å². The topological polar surface area (TPSA) is 204 Å². The Kier molecular flexibility index (Phi) is 11.9. The fourth-order valence-electron chi connectivity index (χ4n) is 8.19. The third-order valence-electron chi connectivity index (χ3n) is 11.5. The number of ether oxygens (including phenoxy) is 2. The number of thiazole rings is 1. The van der Waals surface area contributed by atoms with Crippen LogP contribution in [0.25, 0.3) is 22.0 Å². The number of alkyl carbamates (subject to hydrolysis) is 1. The van der Waals surface area contributed by atoms with Crippen molar-refractivity contribution < 1.29 is 37.1 Å². The number of allylic oxidation sites excluding steroid dienone is 1. The number of nitrogens with zero attached hydrogens (tertiary/aromatic N) is 5. The van der Waals surface area contributed by atoms with E-state index in [9.17, 15) is 27.6 Å². The van der Waals surface area contributed by atoms with Crippen LogP contribution in [0.4, 0.5) is 4.79 Å². The first kappa shape index (κ1) is 40.6. The van der Waals surface area contributed by atoms with Gasteiger partial charge in [-0.1, -0.05) is 31.1 Å². The highest BCUT2D eigenvalue weighted by atomic mass is 32.2. The van der Waals surface area contributed by atoms with Crippen LogP contribution in [0.2, 0.25) is 0 Å². The molecule has 2 saturated carbocycles. The van der Waals surface area contributed by atoms with Gasteiger partial charge < -0.3 is 25.0 Å². The molecule has 8 rings (SSSR count). The number of hydrogen-bond donors (Lipinski definition) is 3. The highest BCUT2D eigenvalue weighted by Crippen LogP contribution is 2.46. The summed E-state index contributed by atoms with van der Waals surface area (Å²) in [5, 5.41) is 19.6. The van der Waals surface area contributed by atoms with Crippen LogP contribution in [0.5, 0.6) is 5.75 Å². The normalized spacial score (nSPS) is 25.8. The van der Waals surface area contributed by atoms with Crippen LogP contribution in [-0.2, 0) is 29.1 Å². The van der Waals surface area contributed by atoms with Gasteiger partial charge in [-0.05, 0) is 87.1 Å². The van der Waals surface area contributed by atoms with Crippen LogP contribution in [-0.4, -0.2) is 94.5 Å². The standard InChI is InChI=1S/C40H46N8O8S3/c1-55-28-17-15-25(16-18-28)33-34(36-41-19-21-58-36)45-48(44-33)27-22-31-35(49)43-40(38(51)46-59(53,54)32-14-9-20-57-32)23-26(40)10-5-3-2-4-6-13-30(37(50)47(31)24-27)42-39(52)56-29-11-7-8-12-29/h5,9-10,14-21,26-27,29-31H,2-4,6-8,11-13,22-24H2,1H3,(H,42,52)(H,43,49)(H,46,51)/b10-5+/t26-,27-,30-,31+,40-/m1/s1. The zero-order valence-corrected chi connectivity index (χ0v) is 34.9. The molecule has 1 aromatic carbocycles. The van der Waals surface area contributed by atoms with Crippen molar-refractivity contribution in [2.45, 2.75) is 105 Å². The average molecular weight is 863 g/mol. The summed E-state index contributed by atoms with van der Waals surface area (Å²) in [6.07, 6.45) is 11.4.